The van der Waals surface area contributed by atoms with Crippen LogP contribution in [0.3, 0.4) is 0 Å². The lowest BCUT2D eigenvalue weighted by Crippen LogP contribution is -2.50. The Labute approximate surface area is 227 Å². The number of hydrogen-bond acceptors (Lipinski definition) is 3. The van der Waals surface area contributed by atoms with Crippen molar-refractivity contribution in [2.75, 3.05) is 6.61 Å². The Morgan fingerprint density at radius 3 is 2.58 bits per heavy atom. The zero-order chi connectivity index (χ0) is 25.9. The molecule has 0 radical (unpaired) electrons. The average Bonchev–Trinajstić information content (AvgIpc) is 3.19. The van der Waals surface area contributed by atoms with Crippen LogP contribution in [-0.2, 0) is 4.74 Å². The van der Waals surface area contributed by atoms with Gasteiger partial charge in [-0.2, -0.15) is 0 Å². The largest absolute Gasteiger partial charge is 0.458 e. The standard InChI is InChI=1S/C33H56O2S/c1-7-8-9-21-35-31(34)36-26-17-19-32(5)25(22-26)13-14-27-29-16-15-28(24(4)12-10-11-23(2)3)33(29,6)20-18-30(27)32/h13,23-24,26-30H,7-12,14-22H2,1-6H3. The summed E-state index contributed by atoms with van der Waals surface area (Å²) in [5, 5.41) is 0.373. The van der Waals surface area contributed by atoms with E-state index in [-0.39, 0.29) is 5.30 Å². The third-order valence-corrected chi connectivity index (χ3v) is 12.5. The van der Waals surface area contributed by atoms with Crippen molar-refractivity contribution in [1.29, 1.82) is 0 Å². The van der Waals surface area contributed by atoms with Gasteiger partial charge in [-0.15, -0.1) is 0 Å². The third-order valence-electron chi connectivity index (χ3n) is 11.5. The molecule has 0 aromatic heterocycles. The molecule has 0 aromatic rings. The average molecular weight is 517 g/mol. The van der Waals surface area contributed by atoms with E-state index in [4.69, 9.17) is 4.74 Å². The number of carbonyl (C=O) groups excluding carboxylic acids is 1. The minimum atomic E-state index is -0.0399. The van der Waals surface area contributed by atoms with Gasteiger partial charge in [0.2, 0.25) is 0 Å². The lowest BCUT2D eigenvalue weighted by molar-refractivity contribution is -0.0497. The normalized spacial score (nSPS) is 38.6. The number of unbranched alkanes of at least 4 members (excludes halogenated alkanes) is 2. The first-order valence-corrected chi connectivity index (χ1v) is 16.6. The summed E-state index contributed by atoms with van der Waals surface area (Å²) in [6, 6.07) is 0. The van der Waals surface area contributed by atoms with Crippen LogP contribution in [0, 0.1) is 46.3 Å². The molecule has 8 unspecified atom stereocenters. The van der Waals surface area contributed by atoms with Crippen molar-refractivity contribution in [2.45, 2.75) is 137 Å². The molecule has 0 saturated heterocycles. The van der Waals surface area contributed by atoms with E-state index in [0.29, 0.717) is 22.7 Å². The van der Waals surface area contributed by atoms with Gasteiger partial charge in [-0.05, 0) is 116 Å². The van der Waals surface area contributed by atoms with Crippen LogP contribution in [0.5, 0.6) is 0 Å². The van der Waals surface area contributed by atoms with Crippen LogP contribution in [0.4, 0.5) is 4.79 Å². The van der Waals surface area contributed by atoms with Crippen molar-refractivity contribution in [3.63, 3.8) is 0 Å². The molecule has 0 N–H and O–H groups in total. The van der Waals surface area contributed by atoms with Gasteiger partial charge in [-0.1, -0.05) is 85.3 Å². The summed E-state index contributed by atoms with van der Waals surface area (Å²) in [7, 11) is 0. The number of fused-ring (bicyclic) bond motifs is 5. The van der Waals surface area contributed by atoms with Crippen molar-refractivity contribution >= 4 is 17.1 Å². The van der Waals surface area contributed by atoms with Crippen molar-refractivity contribution in [2.24, 2.45) is 46.3 Å². The fourth-order valence-corrected chi connectivity index (χ4v) is 10.4. The summed E-state index contributed by atoms with van der Waals surface area (Å²) in [5.41, 5.74) is 2.62. The monoisotopic (exact) mass is 516 g/mol. The van der Waals surface area contributed by atoms with Crippen LogP contribution in [-0.4, -0.2) is 17.2 Å². The maximum Gasteiger partial charge on any atom is 0.367 e. The first kappa shape index (κ1) is 28.6. The number of thioether (sulfide) groups is 1. The topological polar surface area (TPSA) is 26.3 Å². The van der Waals surface area contributed by atoms with Gasteiger partial charge in [0.25, 0.3) is 0 Å². The van der Waals surface area contributed by atoms with Crippen LogP contribution in [0.2, 0.25) is 0 Å². The molecule has 4 rings (SSSR count). The highest BCUT2D eigenvalue weighted by molar-refractivity contribution is 8.13. The maximum absolute atomic E-state index is 12.4. The Hall–Kier alpha value is -0.440. The highest BCUT2D eigenvalue weighted by Gasteiger charge is 2.59. The van der Waals surface area contributed by atoms with Crippen LogP contribution in [0.25, 0.3) is 0 Å². The van der Waals surface area contributed by atoms with E-state index in [1.807, 2.05) is 0 Å². The molecule has 0 amide bonds. The van der Waals surface area contributed by atoms with Gasteiger partial charge >= 0.3 is 5.30 Å². The molecule has 8 atom stereocenters. The molecular weight excluding hydrogens is 460 g/mol. The van der Waals surface area contributed by atoms with E-state index in [9.17, 15) is 4.79 Å². The van der Waals surface area contributed by atoms with Crippen LogP contribution < -0.4 is 0 Å². The minimum Gasteiger partial charge on any atom is -0.458 e. The van der Waals surface area contributed by atoms with Gasteiger partial charge in [0, 0.05) is 5.25 Å². The molecule has 0 heterocycles. The summed E-state index contributed by atoms with van der Waals surface area (Å²) in [6.07, 6.45) is 20.9. The molecule has 2 nitrogen and oxygen atoms in total. The first-order chi connectivity index (χ1) is 17.2. The highest BCUT2D eigenvalue weighted by atomic mass is 32.2. The van der Waals surface area contributed by atoms with Crippen LogP contribution in [0.1, 0.15) is 131 Å². The number of hydrogen-bond donors (Lipinski definition) is 0. The van der Waals surface area contributed by atoms with E-state index in [1.165, 1.54) is 82.4 Å². The number of ether oxygens (including phenoxy) is 1. The molecule has 0 aromatic carbocycles. The molecule has 0 spiro atoms. The minimum absolute atomic E-state index is 0.0399. The SMILES string of the molecule is CCCCCOC(=O)SC1CCC2(C)C(=CCC3C2CCC2(C)C(C(C)CCCC(C)C)CCC32)C1. The van der Waals surface area contributed by atoms with Crippen molar-refractivity contribution in [3.8, 4) is 0 Å². The molecule has 3 fully saturated rings. The Balaban J connectivity index is 1.36. The van der Waals surface area contributed by atoms with E-state index in [1.54, 1.807) is 5.57 Å². The van der Waals surface area contributed by atoms with Gasteiger partial charge < -0.3 is 4.74 Å². The second-order valence-electron chi connectivity index (χ2n) is 14.1. The summed E-state index contributed by atoms with van der Waals surface area (Å²) in [5.74, 6) is 5.33. The quantitative estimate of drug-likeness (QED) is 0.164. The Kier molecular flexibility index (Phi) is 9.65. The summed E-state index contributed by atoms with van der Waals surface area (Å²) >= 11 is 1.49. The van der Waals surface area contributed by atoms with Gasteiger partial charge in [0.1, 0.15) is 0 Å². The zero-order valence-electron chi connectivity index (χ0n) is 24.5. The van der Waals surface area contributed by atoms with Gasteiger partial charge in [0.05, 0.1) is 6.61 Å². The second kappa shape index (κ2) is 12.2. The molecule has 0 aliphatic heterocycles. The molecule has 3 heteroatoms. The van der Waals surface area contributed by atoms with E-state index < -0.39 is 0 Å². The fraction of sp³-hybridized carbons (Fsp3) is 0.909. The van der Waals surface area contributed by atoms with E-state index >= 15 is 0 Å². The Morgan fingerprint density at radius 2 is 1.83 bits per heavy atom. The highest BCUT2D eigenvalue weighted by Crippen LogP contribution is 2.67. The first-order valence-electron chi connectivity index (χ1n) is 15.7. The smallest absolute Gasteiger partial charge is 0.367 e. The zero-order valence-corrected chi connectivity index (χ0v) is 25.3. The molecule has 4 aliphatic rings. The Morgan fingerprint density at radius 1 is 1.03 bits per heavy atom. The molecular formula is C33H56O2S. The number of allylic oxidation sites excluding steroid dienone is 2. The summed E-state index contributed by atoms with van der Waals surface area (Å²) < 4.78 is 5.52. The third kappa shape index (κ3) is 5.91. The lowest BCUT2D eigenvalue weighted by Gasteiger charge is -2.58. The second-order valence-corrected chi connectivity index (χ2v) is 15.3. The Bertz CT molecular complexity index is 774. The van der Waals surface area contributed by atoms with Crippen molar-refractivity contribution in [1.82, 2.24) is 0 Å². The number of rotatable bonds is 10. The lowest BCUT2D eigenvalue weighted by atomic mass is 9.47. The maximum atomic E-state index is 12.4. The van der Waals surface area contributed by atoms with E-state index in [0.717, 1.165) is 54.8 Å². The van der Waals surface area contributed by atoms with E-state index in [2.05, 4.69) is 47.6 Å². The summed E-state index contributed by atoms with van der Waals surface area (Å²) in [4.78, 5) is 12.4. The van der Waals surface area contributed by atoms with Gasteiger partial charge in [-0.25, -0.2) is 4.79 Å². The van der Waals surface area contributed by atoms with Crippen molar-refractivity contribution in [3.05, 3.63) is 11.6 Å². The van der Waals surface area contributed by atoms with Crippen LogP contribution >= 0.6 is 11.8 Å². The van der Waals surface area contributed by atoms with Gasteiger partial charge in [0.15, 0.2) is 0 Å². The molecule has 0 bridgehead atoms. The summed E-state index contributed by atoms with van der Waals surface area (Å²) in [6.45, 7) is 15.4. The number of carbonyl (C=O) groups is 1. The predicted molar refractivity (Wildman–Crippen MR) is 155 cm³/mol. The molecule has 4 aliphatic carbocycles. The molecule has 3 saturated carbocycles. The molecule has 36 heavy (non-hydrogen) atoms. The van der Waals surface area contributed by atoms with Crippen LogP contribution in [0.15, 0.2) is 11.6 Å². The van der Waals surface area contributed by atoms with Gasteiger partial charge in [-0.3, -0.25) is 0 Å². The predicted octanol–water partition coefficient (Wildman–Crippen LogP) is 10.5. The fourth-order valence-electron chi connectivity index (χ4n) is 9.43. The molecule has 206 valence electrons. The van der Waals surface area contributed by atoms with Crippen molar-refractivity contribution < 1.29 is 9.53 Å².